The zero-order valence-corrected chi connectivity index (χ0v) is 20.6. The molecule has 3 heterocycles. The van der Waals surface area contributed by atoms with Gasteiger partial charge in [0.1, 0.15) is 10.0 Å². The molecule has 0 bridgehead atoms. The van der Waals surface area contributed by atoms with Gasteiger partial charge < -0.3 is 10.6 Å². The lowest BCUT2D eigenvalue weighted by Crippen LogP contribution is -2.54. The van der Waals surface area contributed by atoms with E-state index in [0.29, 0.717) is 5.56 Å². The van der Waals surface area contributed by atoms with Crippen molar-refractivity contribution in [2.45, 2.75) is 52.1 Å². The van der Waals surface area contributed by atoms with Crippen molar-refractivity contribution in [2.24, 2.45) is 0 Å². The molecular formula is C26H27N3OS2. The Bertz CT molecular complexity index is 1300. The second kappa shape index (κ2) is 7.51. The average Bonchev–Trinajstić information content (AvgIpc) is 3.28. The lowest BCUT2D eigenvalue weighted by atomic mass is 9.81. The lowest BCUT2D eigenvalue weighted by Gasteiger charge is -2.42. The number of aryl methyl sites for hydroxylation is 1. The largest absolute Gasteiger partial charge is 0.313 e. The van der Waals surface area contributed by atoms with E-state index in [0.717, 1.165) is 37.8 Å². The number of hydrogen-bond donors (Lipinski definition) is 2. The summed E-state index contributed by atoms with van der Waals surface area (Å²) in [6.07, 6.45) is 0.883. The number of carbonyl (C=O) groups is 1. The van der Waals surface area contributed by atoms with E-state index < -0.39 is 0 Å². The molecule has 0 atom stereocenters. The van der Waals surface area contributed by atoms with Crippen molar-refractivity contribution in [1.29, 1.82) is 0 Å². The van der Waals surface area contributed by atoms with E-state index in [-0.39, 0.29) is 17.0 Å². The zero-order valence-electron chi connectivity index (χ0n) is 19.0. The van der Waals surface area contributed by atoms with Crippen molar-refractivity contribution < 1.29 is 4.79 Å². The van der Waals surface area contributed by atoms with Gasteiger partial charge in [-0.1, -0.05) is 29.8 Å². The Morgan fingerprint density at radius 3 is 2.47 bits per heavy atom. The maximum absolute atomic E-state index is 13.1. The molecule has 1 aliphatic rings. The number of nitrogens with zero attached hydrogens (tertiary/aromatic N) is 1. The topological polar surface area (TPSA) is 54.0 Å². The Morgan fingerprint density at radius 2 is 1.75 bits per heavy atom. The molecule has 0 aliphatic carbocycles. The maximum atomic E-state index is 13.1. The van der Waals surface area contributed by atoms with Gasteiger partial charge >= 0.3 is 0 Å². The molecule has 4 nitrogen and oxygen atoms in total. The summed E-state index contributed by atoms with van der Waals surface area (Å²) in [5.41, 5.74) is 4.92. The maximum Gasteiger partial charge on any atom is 0.256 e. The highest BCUT2D eigenvalue weighted by Crippen LogP contribution is 2.50. The van der Waals surface area contributed by atoms with E-state index >= 15 is 0 Å². The molecular weight excluding hydrogens is 434 g/mol. The highest BCUT2D eigenvalue weighted by Gasteiger charge is 2.41. The zero-order chi connectivity index (χ0) is 22.7. The van der Waals surface area contributed by atoms with Crippen LogP contribution < -0.4 is 10.6 Å². The number of thiazole rings is 1. The molecule has 0 unspecified atom stereocenters. The quantitative estimate of drug-likeness (QED) is 0.355. The number of nitrogens with one attached hydrogen (secondary N) is 2. The van der Waals surface area contributed by atoms with Gasteiger partial charge in [0.15, 0.2) is 0 Å². The van der Waals surface area contributed by atoms with Crippen molar-refractivity contribution >= 4 is 43.8 Å². The van der Waals surface area contributed by atoms with Gasteiger partial charge in [0.25, 0.3) is 5.91 Å². The van der Waals surface area contributed by atoms with Gasteiger partial charge in [-0.05, 0) is 70.9 Å². The number of fused-ring (bicyclic) bond motifs is 2. The Balaban J connectivity index is 1.67. The summed E-state index contributed by atoms with van der Waals surface area (Å²) < 4.78 is 1.16. The Morgan fingerprint density at radius 1 is 1.03 bits per heavy atom. The van der Waals surface area contributed by atoms with Crippen molar-refractivity contribution in [3.8, 4) is 10.6 Å². The van der Waals surface area contributed by atoms with Crippen LogP contribution in [0.4, 0.5) is 5.00 Å². The smallest absolute Gasteiger partial charge is 0.256 e. The summed E-state index contributed by atoms with van der Waals surface area (Å²) >= 11 is 3.36. The first-order valence-electron chi connectivity index (χ1n) is 10.8. The van der Waals surface area contributed by atoms with Gasteiger partial charge in [-0.2, -0.15) is 0 Å². The molecule has 32 heavy (non-hydrogen) atoms. The molecule has 4 aromatic rings. The van der Waals surface area contributed by atoms with Crippen LogP contribution in [0.1, 0.15) is 54.1 Å². The highest BCUT2D eigenvalue weighted by molar-refractivity contribution is 7.23. The van der Waals surface area contributed by atoms with Crippen LogP contribution >= 0.6 is 22.7 Å². The van der Waals surface area contributed by atoms with Crippen LogP contribution in [0.2, 0.25) is 0 Å². The molecule has 2 aromatic heterocycles. The third-order valence-electron chi connectivity index (χ3n) is 5.89. The molecule has 2 aromatic carbocycles. The van der Waals surface area contributed by atoms with Gasteiger partial charge in [0.2, 0.25) is 0 Å². The number of thiophene rings is 1. The fourth-order valence-corrected chi connectivity index (χ4v) is 7.08. The van der Waals surface area contributed by atoms with E-state index in [1.54, 1.807) is 22.7 Å². The monoisotopic (exact) mass is 461 g/mol. The van der Waals surface area contributed by atoms with Crippen LogP contribution in [0, 0.1) is 6.92 Å². The lowest BCUT2D eigenvalue weighted by molar-refractivity contribution is 0.102. The SMILES string of the molecule is Cc1ccc(C(=O)Nc2sc3c(c2-c2nc4ccccc4s2)CC(C)(C)NC3(C)C)cc1. The number of amides is 1. The number of rotatable bonds is 3. The number of para-hydroxylation sites is 1. The van der Waals surface area contributed by atoms with Gasteiger partial charge in [0, 0.05) is 27.1 Å². The minimum atomic E-state index is -0.194. The van der Waals surface area contributed by atoms with Crippen LogP contribution in [0.3, 0.4) is 0 Å². The first-order chi connectivity index (χ1) is 15.1. The van der Waals surface area contributed by atoms with Crippen molar-refractivity contribution in [1.82, 2.24) is 10.3 Å². The Hall–Kier alpha value is -2.54. The van der Waals surface area contributed by atoms with E-state index in [1.165, 1.54) is 10.4 Å². The van der Waals surface area contributed by atoms with Crippen molar-refractivity contribution in [3.05, 3.63) is 70.1 Å². The van der Waals surface area contributed by atoms with E-state index in [9.17, 15) is 4.79 Å². The predicted octanol–water partition coefficient (Wildman–Crippen LogP) is 6.74. The first kappa shape index (κ1) is 21.3. The van der Waals surface area contributed by atoms with E-state index in [1.807, 2.05) is 49.4 Å². The fourth-order valence-electron chi connectivity index (χ4n) is 4.70. The summed E-state index contributed by atoms with van der Waals surface area (Å²) in [5.74, 6) is -0.0871. The minimum absolute atomic E-state index is 0.0543. The normalized spacial score (nSPS) is 16.7. The number of carbonyl (C=O) groups excluding carboxylic acids is 1. The molecule has 1 aliphatic heterocycles. The molecule has 1 amide bonds. The Labute approximate surface area is 196 Å². The first-order valence-corrected chi connectivity index (χ1v) is 12.5. The summed E-state index contributed by atoms with van der Waals surface area (Å²) in [7, 11) is 0. The molecule has 0 saturated heterocycles. The molecule has 164 valence electrons. The number of anilines is 1. The third kappa shape index (κ3) is 3.76. The van der Waals surface area contributed by atoms with Gasteiger partial charge in [-0.15, -0.1) is 22.7 Å². The predicted molar refractivity (Wildman–Crippen MR) is 136 cm³/mol. The van der Waals surface area contributed by atoms with Crippen LogP contribution in [0.5, 0.6) is 0 Å². The summed E-state index contributed by atoms with van der Waals surface area (Å²) in [6.45, 7) is 10.9. The number of benzene rings is 2. The third-order valence-corrected chi connectivity index (χ3v) is 8.42. The second-order valence-electron chi connectivity index (χ2n) is 9.73. The summed E-state index contributed by atoms with van der Waals surface area (Å²) in [5, 5.41) is 8.86. The molecule has 5 rings (SSSR count). The average molecular weight is 462 g/mol. The molecule has 6 heteroatoms. The van der Waals surface area contributed by atoms with E-state index in [2.05, 4.69) is 44.4 Å². The fraction of sp³-hybridized carbons (Fsp3) is 0.308. The second-order valence-corrected chi connectivity index (χ2v) is 11.8. The summed E-state index contributed by atoms with van der Waals surface area (Å²) in [6, 6.07) is 15.9. The molecule has 0 spiro atoms. The van der Waals surface area contributed by atoms with Gasteiger partial charge in [0.05, 0.1) is 10.2 Å². The minimum Gasteiger partial charge on any atom is -0.313 e. The summed E-state index contributed by atoms with van der Waals surface area (Å²) in [4.78, 5) is 19.4. The molecule has 0 radical (unpaired) electrons. The number of hydrogen-bond acceptors (Lipinski definition) is 5. The molecule has 2 N–H and O–H groups in total. The van der Waals surface area contributed by atoms with Crippen LogP contribution in [0.15, 0.2) is 48.5 Å². The van der Waals surface area contributed by atoms with E-state index in [4.69, 9.17) is 4.98 Å². The van der Waals surface area contributed by atoms with Crippen molar-refractivity contribution in [3.63, 3.8) is 0 Å². The van der Waals surface area contributed by atoms with Gasteiger partial charge in [-0.3, -0.25) is 4.79 Å². The Kier molecular flexibility index (Phi) is 5.00. The highest BCUT2D eigenvalue weighted by atomic mass is 32.1. The molecule has 0 fully saturated rings. The standard InChI is InChI=1S/C26H27N3OS2/c1-15-10-12-16(13-11-15)22(30)28-24-20(23-27-18-8-6-7-9-19(18)31-23)17-14-25(2,3)29-26(4,5)21(17)32-24/h6-13,29H,14H2,1-5H3,(H,28,30). The van der Waals surface area contributed by atoms with Gasteiger partial charge in [-0.25, -0.2) is 4.98 Å². The van der Waals surface area contributed by atoms with Crippen LogP contribution in [-0.4, -0.2) is 16.4 Å². The van der Waals surface area contributed by atoms with Crippen LogP contribution in [0.25, 0.3) is 20.8 Å². The number of aromatic nitrogens is 1. The van der Waals surface area contributed by atoms with Crippen LogP contribution in [-0.2, 0) is 12.0 Å². The van der Waals surface area contributed by atoms with Crippen molar-refractivity contribution in [2.75, 3.05) is 5.32 Å². The molecule has 0 saturated carbocycles.